The molecule has 0 saturated heterocycles. The number of benzene rings is 2. The van der Waals surface area contributed by atoms with Crippen LogP contribution in [0.2, 0.25) is 0 Å². The largest absolute Gasteiger partial charge is 0.349 e. The van der Waals surface area contributed by atoms with Crippen LogP contribution in [0.3, 0.4) is 0 Å². The van der Waals surface area contributed by atoms with Gasteiger partial charge in [-0.3, -0.25) is 14.6 Å². The van der Waals surface area contributed by atoms with E-state index in [1.165, 1.54) is 4.90 Å². The Labute approximate surface area is 159 Å². The van der Waals surface area contributed by atoms with Crippen molar-refractivity contribution in [2.24, 2.45) is 0 Å². The van der Waals surface area contributed by atoms with Crippen molar-refractivity contribution in [3.05, 3.63) is 70.9 Å². The van der Waals surface area contributed by atoms with E-state index in [1.807, 2.05) is 56.3 Å². The third-order valence-corrected chi connectivity index (χ3v) is 4.51. The Kier molecular flexibility index (Phi) is 5.21. The number of hydrogen-bond donors (Lipinski definition) is 1. The number of aromatic nitrogens is 1. The predicted octanol–water partition coefficient (Wildman–Crippen LogP) is 3.73. The molecule has 5 nitrogen and oxygen atoms in total. The Bertz CT molecular complexity index is 1020. The van der Waals surface area contributed by atoms with Gasteiger partial charge in [0.15, 0.2) is 0 Å². The van der Waals surface area contributed by atoms with Crippen molar-refractivity contribution >= 4 is 28.4 Å². The highest BCUT2D eigenvalue weighted by Crippen LogP contribution is 2.24. The zero-order valence-electron chi connectivity index (χ0n) is 16.0. The zero-order valence-corrected chi connectivity index (χ0v) is 16.0. The minimum absolute atomic E-state index is 0.0409. The first-order valence-electron chi connectivity index (χ1n) is 8.82. The second-order valence-corrected chi connectivity index (χ2v) is 6.92. The summed E-state index contributed by atoms with van der Waals surface area (Å²) in [5, 5.41) is 3.94. The number of carbonyl (C=O) groups is 2. The minimum atomic E-state index is -0.229. The first-order valence-corrected chi connectivity index (χ1v) is 8.82. The van der Waals surface area contributed by atoms with Gasteiger partial charge in [-0.1, -0.05) is 35.9 Å². The van der Waals surface area contributed by atoms with Gasteiger partial charge in [0.1, 0.15) is 0 Å². The molecule has 1 heterocycles. The molecule has 1 aromatic heterocycles. The summed E-state index contributed by atoms with van der Waals surface area (Å²) >= 11 is 0. The molecule has 5 heteroatoms. The Morgan fingerprint density at radius 3 is 2.56 bits per heavy atom. The Hall–Kier alpha value is -3.21. The predicted molar refractivity (Wildman–Crippen MR) is 108 cm³/mol. The lowest BCUT2D eigenvalue weighted by atomic mass is 9.95. The lowest BCUT2D eigenvalue weighted by molar-refractivity contribution is -0.127. The number of para-hydroxylation sites is 1. The standard InChI is InChI=1S/C22H23N3O2/c1-14-11-15(2)20(17(12-14)13-19(26)25(3)4)22(27)24-18-9-5-7-16-8-6-10-23-21(16)18/h5-12H,13H2,1-4H3,(H,24,27). The minimum Gasteiger partial charge on any atom is -0.349 e. The van der Waals surface area contributed by atoms with Gasteiger partial charge in [0.2, 0.25) is 5.91 Å². The first kappa shape index (κ1) is 18.6. The molecule has 0 atom stereocenters. The van der Waals surface area contributed by atoms with Crippen molar-refractivity contribution < 1.29 is 9.59 Å². The average molecular weight is 361 g/mol. The molecule has 1 N–H and O–H groups in total. The molecule has 0 fully saturated rings. The van der Waals surface area contributed by atoms with Gasteiger partial charge < -0.3 is 10.2 Å². The average Bonchev–Trinajstić information content (AvgIpc) is 2.61. The molecule has 2 amide bonds. The van der Waals surface area contributed by atoms with Crippen LogP contribution in [0.25, 0.3) is 10.9 Å². The molecular weight excluding hydrogens is 338 g/mol. The summed E-state index contributed by atoms with van der Waals surface area (Å²) in [5.41, 5.74) is 4.55. The van der Waals surface area contributed by atoms with E-state index in [9.17, 15) is 9.59 Å². The van der Waals surface area contributed by atoms with Gasteiger partial charge in [-0.15, -0.1) is 0 Å². The zero-order chi connectivity index (χ0) is 19.6. The van der Waals surface area contributed by atoms with Gasteiger partial charge >= 0.3 is 0 Å². The fourth-order valence-electron chi connectivity index (χ4n) is 3.23. The lowest BCUT2D eigenvalue weighted by Crippen LogP contribution is -2.25. The van der Waals surface area contributed by atoms with Crippen molar-refractivity contribution in [1.82, 2.24) is 9.88 Å². The van der Waals surface area contributed by atoms with Crippen molar-refractivity contribution in [2.75, 3.05) is 19.4 Å². The van der Waals surface area contributed by atoms with E-state index in [2.05, 4.69) is 10.3 Å². The summed E-state index contributed by atoms with van der Waals surface area (Å²) in [6.07, 6.45) is 1.89. The van der Waals surface area contributed by atoms with E-state index in [0.29, 0.717) is 11.3 Å². The van der Waals surface area contributed by atoms with Gasteiger partial charge in [0.05, 0.1) is 17.6 Å². The third-order valence-electron chi connectivity index (χ3n) is 4.51. The van der Waals surface area contributed by atoms with Gasteiger partial charge in [0, 0.05) is 31.2 Å². The maximum absolute atomic E-state index is 13.1. The SMILES string of the molecule is Cc1cc(C)c(C(=O)Nc2cccc3cccnc23)c(CC(=O)N(C)C)c1. The smallest absolute Gasteiger partial charge is 0.256 e. The number of carbonyl (C=O) groups excluding carboxylic acids is 2. The molecule has 0 aliphatic rings. The molecule has 138 valence electrons. The molecule has 0 bridgehead atoms. The number of anilines is 1. The Morgan fingerprint density at radius 2 is 1.81 bits per heavy atom. The summed E-state index contributed by atoms with van der Waals surface area (Å²) in [6, 6.07) is 13.4. The monoisotopic (exact) mass is 361 g/mol. The number of likely N-dealkylation sites (N-methyl/N-ethyl adjacent to an activating group) is 1. The molecule has 0 aliphatic carbocycles. The second-order valence-electron chi connectivity index (χ2n) is 6.92. The summed E-state index contributed by atoms with van der Waals surface area (Å²) < 4.78 is 0. The Morgan fingerprint density at radius 1 is 1.07 bits per heavy atom. The van der Waals surface area contributed by atoms with E-state index in [-0.39, 0.29) is 18.2 Å². The molecule has 3 aromatic rings. The van der Waals surface area contributed by atoms with Gasteiger partial charge in [-0.05, 0) is 37.1 Å². The highest BCUT2D eigenvalue weighted by molar-refractivity contribution is 6.10. The van der Waals surface area contributed by atoms with Crippen LogP contribution in [-0.4, -0.2) is 35.8 Å². The molecule has 0 unspecified atom stereocenters. The van der Waals surface area contributed by atoms with E-state index in [4.69, 9.17) is 0 Å². The number of nitrogens with zero attached hydrogens (tertiary/aromatic N) is 2. The van der Waals surface area contributed by atoms with Crippen LogP contribution in [-0.2, 0) is 11.2 Å². The van der Waals surface area contributed by atoms with Crippen molar-refractivity contribution in [3.8, 4) is 0 Å². The van der Waals surface area contributed by atoms with Crippen molar-refractivity contribution in [1.29, 1.82) is 0 Å². The number of amides is 2. The quantitative estimate of drug-likeness (QED) is 0.770. The number of fused-ring (bicyclic) bond motifs is 1. The maximum atomic E-state index is 13.1. The topological polar surface area (TPSA) is 62.3 Å². The van der Waals surface area contributed by atoms with E-state index in [1.54, 1.807) is 20.3 Å². The van der Waals surface area contributed by atoms with E-state index in [0.717, 1.165) is 27.6 Å². The summed E-state index contributed by atoms with van der Waals surface area (Å²) in [6.45, 7) is 3.86. The number of hydrogen-bond acceptors (Lipinski definition) is 3. The van der Waals surface area contributed by atoms with Crippen molar-refractivity contribution in [2.45, 2.75) is 20.3 Å². The second kappa shape index (κ2) is 7.58. The fraction of sp³-hybridized carbons (Fsp3) is 0.227. The molecular formula is C22H23N3O2. The van der Waals surface area contributed by atoms with Gasteiger partial charge in [-0.25, -0.2) is 0 Å². The van der Waals surface area contributed by atoms with Gasteiger partial charge in [0.25, 0.3) is 5.91 Å². The van der Waals surface area contributed by atoms with Crippen molar-refractivity contribution in [3.63, 3.8) is 0 Å². The van der Waals surface area contributed by atoms with Crippen LogP contribution in [0.1, 0.15) is 27.0 Å². The maximum Gasteiger partial charge on any atom is 0.256 e. The number of nitrogens with one attached hydrogen (secondary N) is 1. The molecule has 27 heavy (non-hydrogen) atoms. The number of rotatable bonds is 4. The highest BCUT2D eigenvalue weighted by atomic mass is 16.2. The third kappa shape index (κ3) is 3.97. The summed E-state index contributed by atoms with van der Waals surface area (Å²) in [5.74, 6) is -0.270. The van der Waals surface area contributed by atoms with E-state index >= 15 is 0 Å². The molecule has 2 aromatic carbocycles. The van der Waals surface area contributed by atoms with Crippen LogP contribution in [0.4, 0.5) is 5.69 Å². The summed E-state index contributed by atoms with van der Waals surface area (Å²) in [7, 11) is 3.43. The molecule has 0 spiro atoms. The molecule has 3 rings (SSSR count). The van der Waals surface area contributed by atoms with E-state index < -0.39 is 0 Å². The van der Waals surface area contributed by atoms with Gasteiger partial charge in [-0.2, -0.15) is 0 Å². The van der Waals surface area contributed by atoms with Crippen LogP contribution >= 0.6 is 0 Å². The number of aryl methyl sites for hydroxylation is 2. The molecule has 0 saturated carbocycles. The Balaban J connectivity index is 2.00. The first-order chi connectivity index (χ1) is 12.9. The molecule has 0 aliphatic heterocycles. The summed E-state index contributed by atoms with van der Waals surface area (Å²) in [4.78, 5) is 31.2. The fourth-order valence-corrected chi connectivity index (χ4v) is 3.23. The highest BCUT2D eigenvalue weighted by Gasteiger charge is 2.19. The lowest BCUT2D eigenvalue weighted by Gasteiger charge is -2.16. The van der Waals surface area contributed by atoms with Crippen LogP contribution in [0, 0.1) is 13.8 Å². The normalized spacial score (nSPS) is 10.7. The van der Waals surface area contributed by atoms with Crippen LogP contribution in [0.15, 0.2) is 48.7 Å². The van der Waals surface area contributed by atoms with Crippen LogP contribution < -0.4 is 5.32 Å². The van der Waals surface area contributed by atoms with Crippen LogP contribution in [0.5, 0.6) is 0 Å². The number of pyridine rings is 1. The molecule has 0 radical (unpaired) electrons.